The van der Waals surface area contributed by atoms with Gasteiger partial charge in [0.2, 0.25) is 0 Å². The van der Waals surface area contributed by atoms with Gasteiger partial charge in [-0.05, 0) is 25.3 Å². The minimum Gasteiger partial charge on any atom is -0.394 e. The van der Waals surface area contributed by atoms with Crippen LogP contribution in [0.3, 0.4) is 0 Å². The Balaban J connectivity index is 1.60. The quantitative estimate of drug-likeness (QED) is 0.584. The third-order valence-electron chi connectivity index (χ3n) is 2.72. The molecular weight excluding hydrogens is 220 g/mol. The van der Waals surface area contributed by atoms with Crippen molar-refractivity contribution in [2.24, 2.45) is 5.92 Å². The molecule has 0 saturated heterocycles. The fourth-order valence-corrected chi connectivity index (χ4v) is 1.58. The molecule has 1 aromatic heterocycles. The van der Waals surface area contributed by atoms with Gasteiger partial charge in [-0.3, -0.25) is 0 Å². The standard InChI is InChI=1S/C11H20N4O2/c16-4-6-17-5-3-15-9-11(13-14-15)8-12-7-10-1-2-10/h9-10,12,16H,1-8H2. The molecule has 0 amide bonds. The number of hydrogen-bond donors (Lipinski definition) is 2. The molecule has 0 aliphatic heterocycles. The molecule has 1 aromatic rings. The van der Waals surface area contributed by atoms with Crippen molar-refractivity contribution < 1.29 is 9.84 Å². The summed E-state index contributed by atoms with van der Waals surface area (Å²) in [5.41, 5.74) is 0.966. The monoisotopic (exact) mass is 240 g/mol. The smallest absolute Gasteiger partial charge is 0.0964 e. The zero-order valence-corrected chi connectivity index (χ0v) is 10.0. The van der Waals surface area contributed by atoms with Crippen molar-refractivity contribution in [1.82, 2.24) is 20.3 Å². The van der Waals surface area contributed by atoms with Crippen LogP contribution in [0, 0.1) is 5.92 Å². The maximum atomic E-state index is 8.55. The van der Waals surface area contributed by atoms with Crippen molar-refractivity contribution in [2.45, 2.75) is 25.9 Å². The third kappa shape index (κ3) is 4.80. The largest absolute Gasteiger partial charge is 0.394 e. The van der Waals surface area contributed by atoms with Crippen molar-refractivity contribution in [3.8, 4) is 0 Å². The summed E-state index contributed by atoms with van der Waals surface area (Å²) in [4.78, 5) is 0. The molecule has 0 aromatic carbocycles. The summed E-state index contributed by atoms with van der Waals surface area (Å²) in [7, 11) is 0. The van der Waals surface area contributed by atoms with Crippen molar-refractivity contribution >= 4 is 0 Å². The Kier molecular flexibility index (Phi) is 4.90. The van der Waals surface area contributed by atoms with Crippen LogP contribution in [-0.4, -0.2) is 46.5 Å². The molecule has 1 aliphatic carbocycles. The second-order valence-electron chi connectivity index (χ2n) is 4.38. The minimum atomic E-state index is 0.0632. The van der Waals surface area contributed by atoms with Crippen LogP contribution in [0.1, 0.15) is 18.5 Å². The summed E-state index contributed by atoms with van der Waals surface area (Å²) in [5.74, 6) is 0.886. The van der Waals surface area contributed by atoms with Crippen LogP contribution in [0.4, 0.5) is 0 Å². The van der Waals surface area contributed by atoms with Gasteiger partial charge in [0, 0.05) is 12.7 Å². The second kappa shape index (κ2) is 6.68. The highest BCUT2D eigenvalue weighted by Gasteiger charge is 2.20. The molecule has 1 aliphatic rings. The summed E-state index contributed by atoms with van der Waals surface area (Å²) < 4.78 is 6.93. The van der Waals surface area contributed by atoms with E-state index in [-0.39, 0.29) is 6.61 Å². The number of rotatable bonds is 9. The zero-order chi connectivity index (χ0) is 11.9. The Bertz CT molecular complexity index is 325. The first-order valence-electron chi connectivity index (χ1n) is 6.17. The summed E-state index contributed by atoms with van der Waals surface area (Å²) >= 11 is 0. The predicted octanol–water partition coefficient (Wildman–Crippen LogP) is -0.213. The molecular formula is C11H20N4O2. The predicted molar refractivity (Wildman–Crippen MR) is 62.4 cm³/mol. The molecule has 17 heavy (non-hydrogen) atoms. The Labute approximate surface area is 101 Å². The zero-order valence-electron chi connectivity index (χ0n) is 10.0. The molecule has 0 bridgehead atoms. The van der Waals surface area contributed by atoms with Crippen LogP contribution < -0.4 is 5.32 Å². The number of nitrogens with one attached hydrogen (secondary N) is 1. The average molecular weight is 240 g/mol. The van der Waals surface area contributed by atoms with Crippen LogP contribution in [0.2, 0.25) is 0 Å². The first kappa shape index (κ1) is 12.5. The van der Waals surface area contributed by atoms with Crippen LogP contribution in [0.15, 0.2) is 6.20 Å². The van der Waals surface area contributed by atoms with Crippen molar-refractivity contribution in [1.29, 1.82) is 0 Å². The highest BCUT2D eigenvalue weighted by molar-refractivity contribution is 4.92. The normalized spacial score (nSPS) is 15.4. The van der Waals surface area contributed by atoms with Crippen LogP contribution >= 0.6 is 0 Å². The Morgan fingerprint density at radius 1 is 1.47 bits per heavy atom. The van der Waals surface area contributed by atoms with Gasteiger partial charge in [-0.2, -0.15) is 0 Å². The summed E-state index contributed by atoms with van der Waals surface area (Å²) in [5, 5.41) is 20.0. The molecule has 0 atom stereocenters. The van der Waals surface area contributed by atoms with Gasteiger partial charge in [0.15, 0.2) is 0 Å². The van der Waals surface area contributed by atoms with E-state index in [2.05, 4.69) is 15.6 Å². The lowest BCUT2D eigenvalue weighted by Crippen LogP contribution is -2.16. The van der Waals surface area contributed by atoms with E-state index >= 15 is 0 Å². The van der Waals surface area contributed by atoms with E-state index < -0.39 is 0 Å². The third-order valence-corrected chi connectivity index (χ3v) is 2.72. The topological polar surface area (TPSA) is 72.2 Å². The second-order valence-corrected chi connectivity index (χ2v) is 4.38. The molecule has 0 radical (unpaired) electrons. The van der Waals surface area contributed by atoms with E-state index in [4.69, 9.17) is 9.84 Å². The van der Waals surface area contributed by atoms with E-state index in [1.165, 1.54) is 12.8 Å². The van der Waals surface area contributed by atoms with Crippen molar-refractivity contribution in [2.75, 3.05) is 26.4 Å². The Hall–Kier alpha value is -0.980. The maximum absolute atomic E-state index is 8.55. The Morgan fingerprint density at radius 3 is 3.12 bits per heavy atom. The van der Waals surface area contributed by atoms with Crippen LogP contribution in [-0.2, 0) is 17.8 Å². The summed E-state index contributed by atoms with van der Waals surface area (Å²) in [6, 6.07) is 0. The van der Waals surface area contributed by atoms with E-state index in [1.807, 2.05) is 6.20 Å². The molecule has 6 heteroatoms. The van der Waals surface area contributed by atoms with Crippen molar-refractivity contribution in [3.05, 3.63) is 11.9 Å². The SMILES string of the molecule is OCCOCCn1cc(CNCC2CC2)nn1. The lowest BCUT2D eigenvalue weighted by Gasteiger charge is -2.01. The molecule has 2 N–H and O–H groups in total. The minimum absolute atomic E-state index is 0.0632. The van der Waals surface area contributed by atoms with Gasteiger partial charge in [0.1, 0.15) is 0 Å². The number of ether oxygens (including phenoxy) is 1. The Morgan fingerprint density at radius 2 is 2.35 bits per heavy atom. The van der Waals surface area contributed by atoms with Crippen LogP contribution in [0.25, 0.3) is 0 Å². The summed E-state index contributed by atoms with van der Waals surface area (Å²) in [6.07, 6.45) is 4.66. The first-order valence-corrected chi connectivity index (χ1v) is 6.17. The molecule has 1 heterocycles. The van der Waals surface area contributed by atoms with E-state index in [0.717, 1.165) is 24.7 Å². The van der Waals surface area contributed by atoms with Crippen molar-refractivity contribution in [3.63, 3.8) is 0 Å². The fraction of sp³-hybridized carbons (Fsp3) is 0.818. The molecule has 96 valence electrons. The molecule has 6 nitrogen and oxygen atoms in total. The number of hydrogen-bond acceptors (Lipinski definition) is 5. The van der Waals surface area contributed by atoms with Crippen LogP contribution in [0.5, 0.6) is 0 Å². The molecule has 0 unspecified atom stereocenters. The van der Waals surface area contributed by atoms with Gasteiger partial charge in [-0.15, -0.1) is 5.10 Å². The number of aliphatic hydroxyl groups excluding tert-OH is 1. The number of aromatic nitrogens is 3. The highest BCUT2D eigenvalue weighted by Crippen LogP contribution is 2.27. The van der Waals surface area contributed by atoms with Gasteiger partial charge in [0.05, 0.1) is 32.1 Å². The maximum Gasteiger partial charge on any atom is 0.0964 e. The van der Waals surface area contributed by atoms with E-state index in [0.29, 0.717) is 19.8 Å². The average Bonchev–Trinajstić information content (AvgIpc) is 3.04. The first-order chi connectivity index (χ1) is 8.38. The number of aliphatic hydroxyl groups is 1. The summed E-state index contributed by atoms with van der Waals surface area (Å²) in [6.45, 7) is 3.55. The lowest BCUT2D eigenvalue weighted by molar-refractivity contribution is 0.0851. The fourth-order valence-electron chi connectivity index (χ4n) is 1.58. The van der Waals surface area contributed by atoms with Gasteiger partial charge in [-0.1, -0.05) is 5.21 Å². The molecule has 2 rings (SSSR count). The molecule has 1 saturated carbocycles. The molecule has 0 spiro atoms. The lowest BCUT2D eigenvalue weighted by atomic mass is 10.4. The molecule has 1 fully saturated rings. The van der Waals surface area contributed by atoms with Gasteiger partial charge >= 0.3 is 0 Å². The van der Waals surface area contributed by atoms with Gasteiger partial charge in [0.25, 0.3) is 0 Å². The van der Waals surface area contributed by atoms with E-state index in [9.17, 15) is 0 Å². The number of nitrogens with zero attached hydrogens (tertiary/aromatic N) is 3. The van der Waals surface area contributed by atoms with Gasteiger partial charge < -0.3 is 15.2 Å². The highest BCUT2D eigenvalue weighted by atomic mass is 16.5. The van der Waals surface area contributed by atoms with E-state index in [1.54, 1.807) is 4.68 Å². The van der Waals surface area contributed by atoms with Gasteiger partial charge in [-0.25, -0.2) is 4.68 Å².